The van der Waals surface area contributed by atoms with Crippen molar-refractivity contribution in [2.45, 2.75) is 39.5 Å². The second kappa shape index (κ2) is 6.31. The first kappa shape index (κ1) is 12.8. The Bertz CT molecular complexity index is 325. The van der Waals surface area contributed by atoms with Crippen LogP contribution in [0.2, 0.25) is 0 Å². The highest BCUT2D eigenvalue weighted by Gasteiger charge is 2.23. The zero-order valence-corrected chi connectivity index (χ0v) is 10.4. The van der Waals surface area contributed by atoms with E-state index in [9.17, 15) is 4.79 Å². The highest BCUT2D eigenvalue weighted by Crippen LogP contribution is 2.39. The smallest absolute Gasteiger partial charge is 0.251 e. The lowest BCUT2D eigenvalue weighted by atomic mass is 10.1. The highest BCUT2D eigenvalue weighted by atomic mass is 16.1. The number of amides is 1. The summed E-state index contributed by atoms with van der Waals surface area (Å²) in [4.78, 5) is 11.4. The van der Waals surface area contributed by atoms with Crippen LogP contribution in [0, 0.1) is 0 Å². The number of carbonyl (C=O) groups excluding carboxylic acids is 1. The summed E-state index contributed by atoms with van der Waals surface area (Å²) in [7, 11) is 0. The molecule has 2 nitrogen and oxygen atoms in total. The molecule has 0 unspecified atom stereocenters. The Kier molecular flexibility index (Phi) is 5.03. The van der Waals surface area contributed by atoms with Gasteiger partial charge >= 0.3 is 0 Å². The lowest BCUT2D eigenvalue weighted by Crippen LogP contribution is -2.22. The summed E-state index contributed by atoms with van der Waals surface area (Å²) in [5, 5.41) is 2.79. The Morgan fingerprint density at radius 3 is 2.25 bits per heavy atom. The van der Waals surface area contributed by atoms with Gasteiger partial charge in [-0.3, -0.25) is 4.79 Å². The van der Waals surface area contributed by atoms with Crippen molar-refractivity contribution in [1.82, 2.24) is 5.32 Å². The first-order valence-electron chi connectivity index (χ1n) is 6.19. The monoisotopic (exact) mass is 219 g/mol. The van der Waals surface area contributed by atoms with Crippen molar-refractivity contribution in [3.05, 3.63) is 35.4 Å². The molecule has 0 bridgehead atoms. The topological polar surface area (TPSA) is 29.1 Å². The number of hydrogen-bond acceptors (Lipinski definition) is 1. The van der Waals surface area contributed by atoms with E-state index < -0.39 is 0 Å². The van der Waals surface area contributed by atoms with Gasteiger partial charge in [-0.15, -0.1) is 0 Å². The molecule has 1 saturated carbocycles. The molecule has 0 atom stereocenters. The largest absolute Gasteiger partial charge is 0.352 e. The van der Waals surface area contributed by atoms with Crippen LogP contribution in [0.5, 0.6) is 0 Å². The standard InChI is InChI=1S/C12H15NO.C2H6/c1-2-13-12(14)11-7-5-10(6-8-11)9-3-4-9;1-2/h5-9H,2-4H2,1H3,(H,13,14);1-2H3. The van der Waals surface area contributed by atoms with E-state index in [1.165, 1.54) is 18.4 Å². The Morgan fingerprint density at radius 1 is 1.25 bits per heavy atom. The molecular weight excluding hydrogens is 198 g/mol. The van der Waals surface area contributed by atoms with Crippen LogP contribution < -0.4 is 5.32 Å². The summed E-state index contributed by atoms with van der Waals surface area (Å²) in [5.41, 5.74) is 2.13. The Hall–Kier alpha value is -1.31. The average Bonchev–Trinajstić information content (AvgIpc) is 3.16. The molecule has 0 spiro atoms. The predicted octanol–water partition coefficient (Wildman–Crippen LogP) is 3.34. The number of rotatable bonds is 3. The molecule has 1 fully saturated rings. The molecule has 1 aliphatic carbocycles. The summed E-state index contributed by atoms with van der Waals surface area (Å²) in [6, 6.07) is 7.97. The number of nitrogens with one attached hydrogen (secondary N) is 1. The number of benzene rings is 1. The van der Waals surface area contributed by atoms with Gasteiger partial charge < -0.3 is 5.32 Å². The van der Waals surface area contributed by atoms with Crippen LogP contribution in [-0.4, -0.2) is 12.5 Å². The van der Waals surface area contributed by atoms with Crippen molar-refractivity contribution in [2.75, 3.05) is 6.54 Å². The molecule has 1 N–H and O–H groups in total. The zero-order chi connectivity index (χ0) is 12.0. The van der Waals surface area contributed by atoms with Gasteiger partial charge in [0.15, 0.2) is 0 Å². The van der Waals surface area contributed by atoms with Crippen molar-refractivity contribution in [1.29, 1.82) is 0 Å². The molecule has 0 aromatic heterocycles. The fraction of sp³-hybridized carbons (Fsp3) is 0.500. The first-order chi connectivity index (χ1) is 7.81. The molecule has 1 aliphatic rings. The van der Waals surface area contributed by atoms with Crippen LogP contribution in [0.1, 0.15) is 55.5 Å². The Morgan fingerprint density at radius 2 is 1.81 bits per heavy atom. The van der Waals surface area contributed by atoms with E-state index in [4.69, 9.17) is 0 Å². The van der Waals surface area contributed by atoms with Crippen LogP contribution in [-0.2, 0) is 0 Å². The minimum Gasteiger partial charge on any atom is -0.352 e. The summed E-state index contributed by atoms with van der Waals surface area (Å²) < 4.78 is 0. The molecule has 1 amide bonds. The number of hydrogen-bond donors (Lipinski definition) is 1. The van der Waals surface area contributed by atoms with Gasteiger partial charge in [0.05, 0.1) is 0 Å². The summed E-state index contributed by atoms with van der Waals surface area (Å²) in [6.45, 7) is 6.61. The van der Waals surface area contributed by atoms with Crippen LogP contribution >= 0.6 is 0 Å². The Balaban J connectivity index is 0.000000606. The van der Waals surface area contributed by atoms with Crippen molar-refractivity contribution < 1.29 is 4.79 Å². The maximum Gasteiger partial charge on any atom is 0.251 e. The fourth-order valence-corrected chi connectivity index (χ4v) is 1.59. The van der Waals surface area contributed by atoms with Gasteiger partial charge in [-0.25, -0.2) is 0 Å². The number of carbonyl (C=O) groups is 1. The van der Waals surface area contributed by atoms with E-state index in [0.29, 0.717) is 6.54 Å². The van der Waals surface area contributed by atoms with E-state index in [-0.39, 0.29) is 5.91 Å². The van der Waals surface area contributed by atoms with Crippen LogP contribution in [0.15, 0.2) is 24.3 Å². The minimum atomic E-state index is 0.0230. The third kappa shape index (κ3) is 3.37. The minimum absolute atomic E-state index is 0.0230. The van der Waals surface area contributed by atoms with Gasteiger partial charge in [0.25, 0.3) is 5.91 Å². The van der Waals surface area contributed by atoms with Gasteiger partial charge in [0, 0.05) is 12.1 Å². The lowest BCUT2D eigenvalue weighted by Gasteiger charge is -2.03. The fourth-order valence-electron chi connectivity index (χ4n) is 1.59. The maximum absolute atomic E-state index is 11.4. The van der Waals surface area contributed by atoms with Crippen LogP contribution in [0.25, 0.3) is 0 Å². The van der Waals surface area contributed by atoms with Gasteiger partial charge in [-0.05, 0) is 43.4 Å². The molecule has 0 aliphatic heterocycles. The molecule has 0 heterocycles. The molecule has 0 saturated heterocycles. The average molecular weight is 219 g/mol. The van der Waals surface area contributed by atoms with E-state index in [1.807, 2.05) is 32.9 Å². The summed E-state index contributed by atoms with van der Waals surface area (Å²) in [5.74, 6) is 0.785. The van der Waals surface area contributed by atoms with Gasteiger partial charge in [0.1, 0.15) is 0 Å². The SMILES string of the molecule is CC.CCNC(=O)c1ccc(C2CC2)cc1. The third-order valence-electron chi connectivity index (χ3n) is 2.56. The molecule has 0 radical (unpaired) electrons. The van der Waals surface area contributed by atoms with Crippen LogP contribution in [0.4, 0.5) is 0 Å². The normalized spacial score (nSPS) is 13.7. The van der Waals surface area contributed by atoms with Crippen molar-refractivity contribution in [3.63, 3.8) is 0 Å². The van der Waals surface area contributed by atoms with Crippen molar-refractivity contribution in [2.24, 2.45) is 0 Å². The summed E-state index contributed by atoms with van der Waals surface area (Å²) >= 11 is 0. The van der Waals surface area contributed by atoms with Crippen molar-refractivity contribution >= 4 is 5.91 Å². The molecule has 1 aromatic rings. The third-order valence-corrected chi connectivity index (χ3v) is 2.56. The summed E-state index contributed by atoms with van der Waals surface area (Å²) in [6.07, 6.45) is 2.61. The van der Waals surface area contributed by atoms with Gasteiger partial charge in [-0.1, -0.05) is 26.0 Å². The Labute approximate surface area is 98.1 Å². The van der Waals surface area contributed by atoms with Crippen molar-refractivity contribution in [3.8, 4) is 0 Å². The van der Waals surface area contributed by atoms with E-state index >= 15 is 0 Å². The first-order valence-corrected chi connectivity index (χ1v) is 6.19. The van der Waals surface area contributed by atoms with Crippen LogP contribution in [0.3, 0.4) is 0 Å². The van der Waals surface area contributed by atoms with Gasteiger partial charge in [-0.2, -0.15) is 0 Å². The predicted molar refractivity (Wildman–Crippen MR) is 67.8 cm³/mol. The van der Waals surface area contributed by atoms with E-state index in [0.717, 1.165) is 11.5 Å². The second-order valence-electron chi connectivity index (χ2n) is 3.76. The maximum atomic E-state index is 11.4. The van der Waals surface area contributed by atoms with E-state index in [1.54, 1.807) is 0 Å². The zero-order valence-electron chi connectivity index (χ0n) is 10.4. The molecular formula is C14H21NO. The lowest BCUT2D eigenvalue weighted by molar-refractivity contribution is 0.0956. The second-order valence-corrected chi connectivity index (χ2v) is 3.76. The molecule has 16 heavy (non-hydrogen) atoms. The van der Waals surface area contributed by atoms with E-state index in [2.05, 4.69) is 17.4 Å². The van der Waals surface area contributed by atoms with Gasteiger partial charge in [0.2, 0.25) is 0 Å². The molecule has 2 rings (SSSR count). The highest BCUT2D eigenvalue weighted by molar-refractivity contribution is 5.94. The quantitative estimate of drug-likeness (QED) is 0.830. The molecule has 1 aromatic carbocycles. The molecule has 88 valence electrons. The molecule has 2 heteroatoms.